The Labute approximate surface area is 124 Å². The Bertz CT molecular complexity index is 592. The molecule has 0 spiro atoms. The summed E-state index contributed by atoms with van der Waals surface area (Å²) in [7, 11) is 0. The van der Waals surface area contributed by atoms with Gasteiger partial charge in [0, 0.05) is 24.5 Å². The molecule has 0 fully saturated rings. The van der Waals surface area contributed by atoms with Gasteiger partial charge in [0.25, 0.3) is 5.91 Å². The van der Waals surface area contributed by atoms with Gasteiger partial charge in [-0.15, -0.1) is 0 Å². The summed E-state index contributed by atoms with van der Waals surface area (Å²) in [6.45, 7) is 8.68. The Morgan fingerprint density at radius 3 is 2.81 bits per heavy atom. The summed E-state index contributed by atoms with van der Waals surface area (Å²) in [5.41, 5.74) is 4.01. The van der Waals surface area contributed by atoms with Gasteiger partial charge in [-0.2, -0.15) is 10.2 Å². The summed E-state index contributed by atoms with van der Waals surface area (Å²) in [5, 5.41) is 14.3. The molecular weight excluding hydrogens is 266 g/mol. The normalized spacial score (nSPS) is 11.1. The van der Waals surface area contributed by atoms with Crippen LogP contribution in [0.2, 0.25) is 0 Å². The largest absolute Gasteiger partial charge is 0.351 e. The first kappa shape index (κ1) is 15.3. The smallest absolute Gasteiger partial charge is 0.269 e. The van der Waals surface area contributed by atoms with Crippen molar-refractivity contribution in [3.63, 3.8) is 0 Å². The molecule has 2 aromatic heterocycles. The van der Waals surface area contributed by atoms with Crippen molar-refractivity contribution in [1.29, 1.82) is 0 Å². The Hall–Kier alpha value is -2.11. The fourth-order valence-corrected chi connectivity index (χ4v) is 2.41. The molecule has 1 amide bonds. The molecule has 0 bridgehead atoms. The van der Waals surface area contributed by atoms with Crippen LogP contribution in [0.3, 0.4) is 0 Å². The van der Waals surface area contributed by atoms with Gasteiger partial charge in [-0.3, -0.25) is 14.6 Å². The van der Waals surface area contributed by atoms with Crippen molar-refractivity contribution in [3.8, 4) is 0 Å². The predicted molar refractivity (Wildman–Crippen MR) is 81.3 cm³/mol. The third-order valence-corrected chi connectivity index (χ3v) is 3.56. The van der Waals surface area contributed by atoms with Crippen LogP contribution in [0.25, 0.3) is 0 Å². The number of nitrogens with one attached hydrogen (secondary N) is 2. The van der Waals surface area contributed by atoms with Gasteiger partial charge in [0.15, 0.2) is 0 Å². The van der Waals surface area contributed by atoms with Crippen LogP contribution in [0.5, 0.6) is 0 Å². The van der Waals surface area contributed by atoms with Gasteiger partial charge in [-0.1, -0.05) is 0 Å². The number of H-pyrrole nitrogens is 1. The van der Waals surface area contributed by atoms with Crippen LogP contribution in [0, 0.1) is 13.8 Å². The number of hydrogen-bond donors (Lipinski definition) is 2. The van der Waals surface area contributed by atoms with E-state index in [1.165, 1.54) is 5.56 Å². The number of carbonyl (C=O) groups is 1. The van der Waals surface area contributed by atoms with Gasteiger partial charge in [0.05, 0.1) is 5.69 Å². The lowest BCUT2D eigenvalue weighted by atomic mass is 10.1. The third-order valence-electron chi connectivity index (χ3n) is 3.56. The zero-order valence-corrected chi connectivity index (χ0v) is 13.1. The number of rotatable bonds is 6. The van der Waals surface area contributed by atoms with E-state index in [9.17, 15) is 4.79 Å². The van der Waals surface area contributed by atoms with E-state index in [0.29, 0.717) is 12.2 Å². The van der Waals surface area contributed by atoms with Gasteiger partial charge in [-0.25, -0.2) is 0 Å². The molecule has 21 heavy (non-hydrogen) atoms. The maximum absolute atomic E-state index is 12.1. The van der Waals surface area contributed by atoms with Crippen LogP contribution in [-0.2, 0) is 6.42 Å². The van der Waals surface area contributed by atoms with Gasteiger partial charge in [0.1, 0.15) is 5.69 Å². The van der Waals surface area contributed by atoms with E-state index in [1.54, 1.807) is 16.9 Å². The number of carbonyl (C=O) groups excluding carboxylic acids is 1. The second-order valence-corrected chi connectivity index (χ2v) is 5.53. The highest BCUT2D eigenvalue weighted by Gasteiger charge is 2.13. The standard InChI is InChI=1S/C15H23N5O/c1-10(2)20-14(7-9-17-20)15(21)16-8-5-6-13-11(3)18-19-12(13)4/h7,9-10H,5-6,8H2,1-4H3,(H,16,21)(H,18,19). The fraction of sp³-hybridized carbons (Fsp3) is 0.533. The van der Waals surface area contributed by atoms with Crippen LogP contribution < -0.4 is 5.32 Å². The maximum atomic E-state index is 12.1. The first-order valence-corrected chi connectivity index (χ1v) is 7.33. The van der Waals surface area contributed by atoms with E-state index < -0.39 is 0 Å². The lowest BCUT2D eigenvalue weighted by Crippen LogP contribution is -2.28. The fourth-order valence-electron chi connectivity index (χ4n) is 2.41. The van der Waals surface area contributed by atoms with Crippen molar-refractivity contribution in [3.05, 3.63) is 34.9 Å². The molecule has 0 radical (unpaired) electrons. The van der Waals surface area contributed by atoms with Gasteiger partial charge in [-0.05, 0) is 52.2 Å². The van der Waals surface area contributed by atoms with E-state index in [0.717, 1.165) is 24.2 Å². The predicted octanol–water partition coefficient (Wildman–Crippen LogP) is 2.17. The topological polar surface area (TPSA) is 75.6 Å². The summed E-state index contributed by atoms with van der Waals surface area (Å²) in [6, 6.07) is 1.93. The van der Waals surface area contributed by atoms with E-state index in [1.807, 2.05) is 27.7 Å². The molecule has 0 aliphatic heterocycles. The highest BCUT2D eigenvalue weighted by Crippen LogP contribution is 2.11. The van der Waals surface area contributed by atoms with Crippen molar-refractivity contribution >= 4 is 5.91 Å². The van der Waals surface area contributed by atoms with Crippen molar-refractivity contribution in [2.45, 2.75) is 46.6 Å². The van der Waals surface area contributed by atoms with Crippen LogP contribution in [0.15, 0.2) is 12.3 Å². The zero-order valence-electron chi connectivity index (χ0n) is 13.1. The minimum Gasteiger partial charge on any atom is -0.351 e. The molecule has 0 saturated carbocycles. The molecule has 2 rings (SSSR count). The number of aromatic nitrogens is 4. The minimum atomic E-state index is -0.0677. The van der Waals surface area contributed by atoms with E-state index in [2.05, 4.69) is 20.6 Å². The van der Waals surface area contributed by atoms with Crippen molar-refractivity contribution in [2.24, 2.45) is 0 Å². The Morgan fingerprint density at radius 2 is 2.19 bits per heavy atom. The molecule has 0 atom stereocenters. The van der Waals surface area contributed by atoms with Crippen LogP contribution >= 0.6 is 0 Å². The summed E-state index contributed by atoms with van der Waals surface area (Å²) in [4.78, 5) is 12.1. The van der Waals surface area contributed by atoms with Crippen molar-refractivity contribution in [2.75, 3.05) is 6.54 Å². The number of hydrogen-bond acceptors (Lipinski definition) is 3. The molecule has 2 N–H and O–H groups in total. The number of nitrogens with zero attached hydrogens (tertiary/aromatic N) is 3. The average Bonchev–Trinajstić information content (AvgIpc) is 3.04. The molecule has 0 aromatic carbocycles. The molecule has 0 saturated heterocycles. The summed E-state index contributed by atoms with van der Waals surface area (Å²) < 4.78 is 1.74. The van der Waals surface area contributed by atoms with Crippen LogP contribution in [0.1, 0.15) is 53.7 Å². The highest BCUT2D eigenvalue weighted by molar-refractivity contribution is 5.92. The minimum absolute atomic E-state index is 0.0677. The van der Waals surface area contributed by atoms with Crippen molar-refractivity contribution < 1.29 is 4.79 Å². The zero-order chi connectivity index (χ0) is 15.4. The molecular formula is C15H23N5O. The molecule has 0 aliphatic rings. The molecule has 114 valence electrons. The van der Waals surface area contributed by atoms with Gasteiger partial charge >= 0.3 is 0 Å². The van der Waals surface area contributed by atoms with E-state index in [-0.39, 0.29) is 11.9 Å². The first-order valence-electron chi connectivity index (χ1n) is 7.33. The molecule has 6 heteroatoms. The third kappa shape index (κ3) is 3.51. The molecule has 2 aromatic rings. The Balaban J connectivity index is 1.84. The van der Waals surface area contributed by atoms with E-state index in [4.69, 9.17) is 0 Å². The Kier molecular flexibility index (Phi) is 4.77. The molecule has 6 nitrogen and oxygen atoms in total. The maximum Gasteiger partial charge on any atom is 0.269 e. The lowest BCUT2D eigenvalue weighted by Gasteiger charge is -2.11. The SMILES string of the molecule is Cc1n[nH]c(C)c1CCCNC(=O)c1ccnn1C(C)C. The summed E-state index contributed by atoms with van der Waals surface area (Å²) in [6.07, 6.45) is 3.47. The summed E-state index contributed by atoms with van der Waals surface area (Å²) >= 11 is 0. The van der Waals surface area contributed by atoms with Crippen LogP contribution in [-0.4, -0.2) is 32.4 Å². The average molecular weight is 289 g/mol. The summed E-state index contributed by atoms with van der Waals surface area (Å²) in [5.74, 6) is -0.0677. The quantitative estimate of drug-likeness (QED) is 0.800. The molecule has 0 aliphatic carbocycles. The first-order chi connectivity index (χ1) is 10.0. The second kappa shape index (κ2) is 6.56. The van der Waals surface area contributed by atoms with Crippen LogP contribution in [0.4, 0.5) is 0 Å². The Morgan fingerprint density at radius 1 is 1.43 bits per heavy atom. The monoisotopic (exact) mass is 289 g/mol. The number of amides is 1. The molecule has 0 unspecified atom stereocenters. The van der Waals surface area contributed by atoms with Crippen molar-refractivity contribution in [1.82, 2.24) is 25.3 Å². The number of aromatic amines is 1. The van der Waals surface area contributed by atoms with E-state index >= 15 is 0 Å². The lowest BCUT2D eigenvalue weighted by molar-refractivity contribution is 0.0940. The highest BCUT2D eigenvalue weighted by atomic mass is 16.2. The second-order valence-electron chi connectivity index (χ2n) is 5.53. The van der Waals surface area contributed by atoms with Gasteiger partial charge in [0.2, 0.25) is 0 Å². The molecule has 2 heterocycles. The van der Waals surface area contributed by atoms with Gasteiger partial charge < -0.3 is 5.32 Å². The number of aryl methyl sites for hydroxylation is 2.